The van der Waals surface area contributed by atoms with Crippen LogP contribution in [-0.2, 0) is 9.53 Å². The third kappa shape index (κ3) is 4.13. The maximum atomic E-state index is 12.8. The number of nitrogens with one attached hydrogen (secondary N) is 1. The number of amides is 2. The molecule has 158 valence electrons. The molecule has 9 heteroatoms. The van der Waals surface area contributed by atoms with E-state index in [1.165, 1.54) is 12.1 Å². The molecule has 1 N–H and O–H groups in total. The number of carbonyl (C=O) groups excluding carboxylic acids is 2. The summed E-state index contributed by atoms with van der Waals surface area (Å²) in [7, 11) is 0. The van der Waals surface area contributed by atoms with Crippen LogP contribution in [0.15, 0.2) is 24.3 Å². The van der Waals surface area contributed by atoms with E-state index in [0.717, 1.165) is 5.56 Å². The lowest BCUT2D eigenvalue weighted by molar-refractivity contribution is -0.274. The van der Waals surface area contributed by atoms with Crippen LogP contribution in [0.3, 0.4) is 0 Å². The second-order valence-electron chi connectivity index (χ2n) is 8.36. The first-order valence-corrected chi connectivity index (χ1v) is 9.74. The van der Waals surface area contributed by atoms with E-state index in [1.54, 1.807) is 12.1 Å². The van der Waals surface area contributed by atoms with E-state index in [1.807, 2.05) is 11.8 Å². The first kappa shape index (κ1) is 19.8. The number of benzene rings is 1. The zero-order valence-electron chi connectivity index (χ0n) is 16.0. The van der Waals surface area contributed by atoms with Crippen molar-refractivity contribution in [1.29, 1.82) is 0 Å². The smallest absolute Gasteiger partial charge is 0.447 e. The van der Waals surface area contributed by atoms with Crippen molar-refractivity contribution >= 4 is 12.0 Å². The van der Waals surface area contributed by atoms with Crippen LogP contribution in [0.4, 0.5) is 18.0 Å². The van der Waals surface area contributed by atoms with E-state index >= 15 is 0 Å². The van der Waals surface area contributed by atoms with Crippen LogP contribution in [0.25, 0.3) is 0 Å². The van der Waals surface area contributed by atoms with E-state index in [2.05, 4.69) is 10.1 Å². The molecule has 0 aromatic heterocycles. The van der Waals surface area contributed by atoms with Crippen molar-refractivity contribution in [3.05, 3.63) is 29.8 Å². The van der Waals surface area contributed by atoms with E-state index in [4.69, 9.17) is 4.74 Å². The van der Waals surface area contributed by atoms with Gasteiger partial charge in [0, 0.05) is 19.0 Å². The Kier molecular flexibility index (Phi) is 4.86. The van der Waals surface area contributed by atoms with Gasteiger partial charge in [0.15, 0.2) is 0 Å². The monoisotopic (exact) mass is 412 g/mol. The fraction of sp³-hybridized carbons (Fsp3) is 0.600. The molecule has 29 heavy (non-hydrogen) atoms. The Morgan fingerprint density at radius 3 is 2.72 bits per heavy atom. The third-order valence-electron chi connectivity index (χ3n) is 6.21. The second kappa shape index (κ2) is 7.11. The van der Waals surface area contributed by atoms with Gasteiger partial charge in [-0.2, -0.15) is 0 Å². The highest BCUT2D eigenvalue weighted by Gasteiger charge is 2.53. The minimum atomic E-state index is -4.72. The number of hydrogen-bond acceptors (Lipinski definition) is 4. The zero-order chi connectivity index (χ0) is 20.8. The van der Waals surface area contributed by atoms with Crippen molar-refractivity contribution in [3.63, 3.8) is 0 Å². The van der Waals surface area contributed by atoms with Crippen LogP contribution >= 0.6 is 0 Å². The zero-order valence-corrected chi connectivity index (χ0v) is 16.0. The second-order valence-corrected chi connectivity index (χ2v) is 8.36. The lowest BCUT2D eigenvalue weighted by Gasteiger charge is -2.46. The molecule has 2 saturated heterocycles. The van der Waals surface area contributed by atoms with Crippen LogP contribution in [0.5, 0.6) is 5.75 Å². The Labute approximate surface area is 166 Å². The van der Waals surface area contributed by atoms with Crippen molar-refractivity contribution < 1.29 is 32.2 Å². The molecule has 2 atom stereocenters. The van der Waals surface area contributed by atoms with Crippen LogP contribution in [0.1, 0.15) is 37.7 Å². The summed E-state index contributed by atoms with van der Waals surface area (Å²) in [6.45, 7) is 3.43. The molecule has 2 heterocycles. The molecule has 1 aromatic rings. The number of cyclic esters (lactones) is 1. The molecule has 0 bridgehead atoms. The molecular formula is C20H23F3N2O4. The Bertz CT molecular complexity index is 807. The summed E-state index contributed by atoms with van der Waals surface area (Å²) < 4.78 is 46.4. The summed E-state index contributed by atoms with van der Waals surface area (Å²) in [6.07, 6.45) is -3.29. The van der Waals surface area contributed by atoms with Crippen molar-refractivity contribution in [2.75, 3.05) is 19.7 Å². The maximum Gasteiger partial charge on any atom is 0.573 e. The van der Waals surface area contributed by atoms with Crippen LogP contribution < -0.4 is 10.1 Å². The van der Waals surface area contributed by atoms with Crippen molar-refractivity contribution in [3.8, 4) is 5.75 Å². The Morgan fingerprint density at radius 2 is 2.10 bits per heavy atom. The molecule has 3 fully saturated rings. The Balaban J connectivity index is 1.35. The number of alkyl halides is 3. The predicted octanol–water partition coefficient (Wildman–Crippen LogP) is 3.43. The normalized spacial score (nSPS) is 31.8. The van der Waals surface area contributed by atoms with Crippen molar-refractivity contribution in [1.82, 2.24) is 10.2 Å². The number of rotatable bonds is 3. The van der Waals surface area contributed by atoms with Gasteiger partial charge in [0.1, 0.15) is 12.4 Å². The summed E-state index contributed by atoms with van der Waals surface area (Å²) in [5, 5.41) is 2.79. The van der Waals surface area contributed by atoms with E-state index in [9.17, 15) is 22.8 Å². The van der Waals surface area contributed by atoms with Gasteiger partial charge in [-0.3, -0.25) is 4.79 Å². The van der Waals surface area contributed by atoms with E-state index < -0.39 is 12.5 Å². The highest BCUT2D eigenvalue weighted by molar-refractivity contribution is 5.81. The molecule has 2 amide bonds. The lowest BCUT2D eigenvalue weighted by atomic mass is 9.68. The van der Waals surface area contributed by atoms with Crippen LogP contribution in [0, 0.1) is 11.8 Å². The molecule has 1 saturated carbocycles. The highest BCUT2D eigenvalue weighted by Crippen LogP contribution is 2.43. The number of alkyl carbamates (subject to hydrolysis) is 1. The number of likely N-dealkylation sites (tertiary alicyclic amines) is 1. The molecule has 6 nitrogen and oxygen atoms in total. The molecule has 3 aliphatic rings. The number of halogens is 3. The van der Waals surface area contributed by atoms with Crippen LogP contribution in [-0.4, -0.2) is 48.5 Å². The topological polar surface area (TPSA) is 67.9 Å². The van der Waals surface area contributed by atoms with Crippen molar-refractivity contribution in [2.24, 2.45) is 11.8 Å². The first-order valence-electron chi connectivity index (χ1n) is 9.74. The minimum Gasteiger partial charge on any atom is -0.447 e. The highest BCUT2D eigenvalue weighted by atomic mass is 19.4. The summed E-state index contributed by atoms with van der Waals surface area (Å²) in [6, 6.07) is 6.09. The molecule has 0 unspecified atom stereocenters. The SMILES string of the molecule is C[C@H]1CN(C(=O)C2CC3(COC(=O)N3)C2)CC[C@H]1c1cccc(OC(F)(F)F)c1. The summed E-state index contributed by atoms with van der Waals surface area (Å²) in [5.41, 5.74) is 0.403. The number of carbonyl (C=O) groups is 2. The lowest BCUT2D eigenvalue weighted by Crippen LogP contribution is -2.59. The molecule has 0 radical (unpaired) electrons. The maximum absolute atomic E-state index is 12.8. The Morgan fingerprint density at radius 1 is 1.34 bits per heavy atom. The predicted molar refractivity (Wildman–Crippen MR) is 96.2 cm³/mol. The summed E-state index contributed by atoms with van der Waals surface area (Å²) >= 11 is 0. The average Bonchev–Trinajstić information content (AvgIpc) is 3.01. The molecule has 1 spiro atoms. The van der Waals surface area contributed by atoms with Crippen molar-refractivity contribution in [2.45, 2.75) is 44.0 Å². The van der Waals surface area contributed by atoms with Gasteiger partial charge in [-0.1, -0.05) is 19.1 Å². The fourth-order valence-electron chi connectivity index (χ4n) is 4.81. The minimum absolute atomic E-state index is 0.0612. The van der Waals surface area contributed by atoms with Gasteiger partial charge in [-0.05, 0) is 48.8 Å². The quantitative estimate of drug-likeness (QED) is 0.826. The number of ether oxygens (including phenoxy) is 2. The van der Waals surface area contributed by atoms with Gasteiger partial charge in [0.2, 0.25) is 5.91 Å². The standard InChI is InChI=1S/C20H23F3N2O4/c1-12-10-25(17(26)14-8-19(9-14)11-28-18(27)24-19)6-5-16(12)13-3-2-4-15(7-13)29-20(21,22)23/h2-4,7,12,14,16H,5-6,8-11H2,1H3,(H,24,27)/t12-,14?,16+,19?/m0/s1. The summed E-state index contributed by atoms with van der Waals surface area (Å²) in [5.74, 6) is -0.0923. The molecule has 2 aliphatic heterocycles. The average molecular weight is 412 g/mol. The largest absolute Gasteiger partial charge is 0.573 e. The Hall–Kier alpha value is -2.45. The van der Waals surface area contributed by atoms with Gasteiger partial charge in [-0.25, -0.2) is 4.79 Å². The number of nitrogens with zero attached hydrogens (tertiary/aromatic N) is 1. The van der Waals surface area contributed by atoms with Gasteiger partial charge in [0.25, 0.3) is 0 Å². The van der Waals surface area contributed by atoms with Crippen LogP contribution in [0.2, 0.25) is 0 Å². The van der Waals surface area contributed by atoms with E-state index in [-0.39, 0.29) is 34.9 Å². The first-order chi connectivity index (χ1) is 13.6. The number of piperidine rings is 1. The van der Waals surface area contributed by atoms with Gasteiger partial charge in [-0.15, -0.1) is 13.2 Å². The molecular weight excluding hydrogens is 389 g/mol. The van der Waals surface area contributed by atoms with Gasteiger partial charge in [0.05, 0.1) is 5.54 Å². The third-order valence-corrected chi connectivity index (χ3v) is 6.21. The van der Waals surface area contributed by atoms with Gasteiger partial charge < -0.3 is 19.7 Å². The van der Waals surface area contributed by atoms with E-state index in [0.29, 0.717) is 39.0 Å². The molecule has 1 aromatic carbocycles. The molecule has 4 rings (SSSR count). The van der Waals surface area contributed by atoms with Gasteiger partial charge >= 0.3 is 12.5 Å². The molecule has 1 aliphatic carbocycles. The summed E-state index contributed by atoms with van der Waals surface area (Å²) in [4.78, 5) is 25.9. The number of hydrogen-bond donors (Lipinski definition) is 1. The fourth-order valence-corrected chi connectivity index (χ4v) is 4.81.